The molecule has 2 heterocycles. The Morgan fingerprint density at radius 2 is 1.78 bits per heavy atom. The van der Waals surface area contributed by atoms with E-state index >= 15 is 0 Å². The van der Waals surface area contributed by atoms with Gasteiger partial charge in [0.15, 0.2) is 5.17 Å². The Kier molecular flexibility index (Phi) is 5.01. The number of nitrogens with one attached hydrogen (secondary N) is 1. The fourth-order valence-electron chi connectivity index (χ4n) is 2.55. The van der Waals surface area contributed by atoms with E-state index in [1.54, 1.807) is 6.08 Å². The Hall–Kier alpha value is -2.57. The number of halogens is 1. The first kappa shape index (κ1) is 17.8. The van der Waals surface area contributed by atoms with Gasteiger partial charge in [0.05, 0.1) is 10.6 Å². The van der Waals surface area contributed by atoms with Gasteiger partial charge in [-0.25, -0.2) is 4.99 Å². The standard InChI is InChI=1S/C21H15BrN2O2S/c1-13-2-8-16(9-3-13)23-21-24-20(25)19(27-21)12-17-10-11-18(26-17)14-4-6-15(22)7-5-14/h2-12H,1H3,(H,23,24,25)/b19-12-. The molecule has 0 spiro atoms. The number of rotatable bonds is 3. The number of hydrogen-bond donors (Lipinski definition) is 1. The van der Waals surface area contributed by atoms with Crippen LogP contribution in [-0.2, 0) is 4.79 Å². The lowest BCUT2D eigenvalue weighted by molar-refractivity contribution is -0.115. The fourth-order valence-corrected chi connectivity index (χ4v) is 3.63. The van der Waals surface area contributed by atoms with E-state index in [4.69, 9.17) is 4.42 Å². The third kappa shape index (κ3) is 4.23. The maximum absolute atomic E-state index is 12.2. The maximum atomic E-state index is 12.2. The van der Waals surface area contributed by atoms with Gasteiger partial charge in [0.25, 0.3) is 5.91 Å². The van der Waals surface area contributed by atoms with Crippen LogP contribution >= 0.6 is 27.7 Å². The minimum Gasteiger partial charge on any atom is -0.457 e. The molecule has 0 aliphatic carbocycles. The summed E-state index contributed by atoms with van der Waals surface area (Å²) in [4.78, 5) is 17.2. The topological polar surface area (TPSA) is 54.6 Å². The predicted molar refractivity (Wildman–Crippen MR) is 114 cm³/mol. The van der Waals surface area contributed by atoms with Gasteiger partial charge < -0.3 is 9.73 Å². The molecule has 0 bridgehead atoms. The van der Waals surface area contributed by atoms with Crippen molar-refractivity contribution in [1.29, 1.82) is 0 Å². The molecule has 4 rings (SSSR count). The molecule has 0 saturated carbocycles. The van der Waals surface area contributed by atoms with E-state index in [0.717, 1.165) is 21.5 Å². The van der Waals surface area contributed by atoms with Gasteiger partial charge in [-0.1, -0.05) is 45.8 Å². The van der Waals surface area contributed by atoms with E-state index in [1.807, 2.05) is 67.6 Å². The second-order valence-corrected chi connectivity index (χ2v) is 7.97. The monoisotopic (exact) mass is 438 g/mol. The number of carbonyl (C=O) groups excluding carboxylic acids is 1. The van der Waals surface area contributed by atoms with Gasteiger partial charge in [0.2, 0.25) is 0 Å². The average molecular weight is 439 g/mol. The summed E-state index contributed by atoms with van der Waals surface area (Å²) in [6.45, 7) is 2.02. The summed E-state index contributed by atoms with van der Waals surface area (Å²) in [5.41, 5.74) is 2.95. The van der Waals surface area contributed by atoms with Crippen LogP contribution < -0.4 is 5.32 Å². The zero-order valence-corrected chi connectivity index (χ0v) is 16.8. The van der Waals surface area contributed by atoms with Crippen LogP contribution in [0, 0.1) is 6.92 Å². The second-order valence-electron chi connectivity index (χ2n) is 6.03. The highest BCUT2D eigenvalue weighted by atomic mass is 79.9. The molecule has 27 heavy (non-hydrogen) atoms. The number of hydrogen-bond acceptors (Lipinski definition) is 4. The largest absolute Gasteiger partial charge is 0.457 e. The van der Waals surface area contributed by atoms with Gasteiger partial charge in [-0.05, 0) is 55.1 Å². The highest BCUT2D eigenvalue weighted by molar-refractivity contribution is 9.10. The molecular weight excluding hydrogens is 424 g/mol. The molecular formula is C21H15BrN2O2S. The zero-order valence-electron chi connectivity index (χ0n) is 14.4. The number of carbonyl (C=O) groups is 1. The van der Waals surface area contributed by atoms with Crippen molar-refractivity contribution in [2.75, 3.05) is 0 Å². The van der Waals surface area contributed by atoms with Crippen molar-refractivity contribution in [3.63, 3.8) is 0 Å². The maximum Gasteiger partial charge on any atom is 0.264 e. The summed E-state index contributed by atoms with van der Waals surface area (Å²) in [6, 6.07) is 19.5. The van der Waals surface area contributed by atoms with Crippen molar-refractivity contribution in [2.24, 2.45) is 4.99 Å². The molecule has 1 aliphatic rings. The SMILES string of the molecule is Cc1ccc(N=C2NC(=O)/C(=C/c3ccc(-c4ccc(Br)cc4)o3)S2)cc1. The molecule has 2 aromatic carbocycles. The number of nitrogens with zero attached hydrogens (tertiary/aromatic N) is 1. The van der Waals surface area contributed by atoms with E-state index in [2.05, 4.69) is 26.2 Å². The van der Waals surface area contributed by atoms with Gasteiger partial charge >= 0.3 is 0 Å². The van der Waals surface area contributed by atoms with Crippen molar-refractivity contribution in [3.8, 4) is 11.3 Å². The molecule has 134 valence electrons. The second kappa shape index (κ2) is 7.58. The van der Waals surface area contributed by atoms with E-state index < -0.39 is 0 Å². The van der Waals surface area contributed by atoms with Gasteiger partial charge in [0, 0.05) is 16.1 Å². The van der Waals surface area contributed by atoms with Crippen LogP contribution in [0.2, 0.25) is 0 Å². The lowest BCUT2D eigenvalue weighted by Crippen LogP contribution is -2.19. The van der Waals surface area contributed by atoms with Crippen molar-refractivity contribution in [2.45, 2.75) is 6.92 Å². The number of amides is 1. The molecule has 0 atom stereocenters. The number of aryl methyl sites for hydroxylation is 1. The number of aliphatic imine (C=N–C) groups is 1. The fraction of sp³-hybridized carbons (Fsp3) is 0.0476. The highest BCUT2D eigenvalue weighted by Crippen LogP contribution is 2.30. The Morgan fingerprint density at radius 3 is 2.52 bits per heavy atom. The molecule has 1 N–H and O–H groups in total. The first-order valence-corrected chi connectivity index (χ1v) is 9.90. The van der Waals surface area contributed by atoms with E-state index in [9.17, 15) is 4.79 Å². The van der Waals surface area contributed by atoms with Gasteiger partial charge in [0.1, 0.15) is 11.5 Å². The summed E-state index contributed by atoms with van der Waals surface area (Å²) < 4.78 is 6.88. The van der Waals surface area contributed by atoms with Crippen molar-refractivity contribution >= 4 is 50.5 Å². The van der Waals surface area contributed by atoms with Crippen molar-refractivity contribution in [3.05, 3.63) is 81.4 Å². The summed E-state index contributed by atoms with van der Waals surface area (Å²) in [5, 5.41) is 3.36. The Labute approximate surface area is 169 Å². The molecule has 1 saturated heterocycles. The third-order valence-corrected chi connectivity index (χ3v) is 5.38. The minimum absolute atomic E-state index is 0.174. The summed E-state index contributed by atoms with van der Waals surface area (Å²) in [5.74, 6) is 1.21. The molecule has 3 aromatic rings. The van der Waals surface area contributed by atoms with Gasteiger partial charge in [-0.2, -0.15) is 0 Å². The highest BCUT2D eigenvalue weighted by Gasteiger charge is 2.24. The number of benzene rings is 2. The van der Waals surface area contributed by atoms with E-state index in [0.29, 0.717) is 15.8 Å². The van der Waals surface area contributed by atoms with E-state index in [-0.39, 0.29) is 5.91 Å². The first-order chi connectivity index (χ1) is 13.1. The minimum atomic E-state index is -0.174. The summed E-state index contributed by atoms with van der Waals surface area (Å²) >= 11 is 4.73. The molecule has 1 aliphatic heterocycles. The summed E-state index contributed by atoms with van der Waals surface area (Å²) in [7, 11) is 0. The van der Waals surface area contributed by atoms with Crippen LogP contribution in [0.1, 0.15) is 11.3 Å². The van der Waals surface area contributed by atoms with Crippen LogP contribution in [0.15, 0.2) is 79.5 Å². The van der Waals surface area contributed by atoms with Crippen LogP contribution in [0.4, 0.5) is 5.69 Å². The quantitative estimate of drug-likeness (QED) is 0.517. The number of thioether (sulfide) groups is 1. The molecule has 1 aromatic heterocycles. The lowest BCUT2D eigenvalue weighted by atomic mass is 10.2. The average Bonchev–Trinajstić information content (AvgIpc) is 3.25. The van der Waals surface area contributed by atoms with Crippen LogP contribution in [-0.4, -0.2) is 11.1 Å². The smallest absolute Gasteiger partial charge is 0.264 e. The Bertz CT molecular complexity index is 1050. The lowest BCUT2D eigenvalue weighted by Gasteiger charge is -1.97. The molecule has 1 amide bonds. The molecule has 6 heteroatoms. The van der Waals surface area contributed by atoms with Crippen molar-refractivity contribution in [1.82, 2.24) is 5.32 Å². The zero-order chi connectivity index (χ0) is 18.8. The molecule has 0 unspecified atom stereocenters. The molecule has 0 radical (unpaired) electrons. The van der Waals surface area contributed by atoms with Crippen molar-refractivity contribution < 1.29 is 9.21 Å². The first-order valence-electron chi connectivity index (χ1n) is 8.29. The van der Waals surface area contributed by atoms with Gasteiger partial charge in [-0.3, -0.25) is 4.79 Å². The molecule has 1 fully saturated rings. The van der Waals surface area contributed by atoms with Crippen LogP contribution in [0.3, 0.4) is 0 Å². The Morgan fingerprint density at radius 1 is 1.04 bits per heavy atom. The number of furan rings is 1. The normalized spacial score (nSPS) is 16.9. The van der Waals surface area contributed by atoms with E-state index in [1.165, 1.54) is 17.3 Å². The molecule has 4 nitrogen and oxygen atoms in total. The van der Waals surface area contributed by atoms with Gasteiger partial charge in [-0.15, -0.1) is 0 Å². The van der Waals surface area contributed by atoms with Crippen LogP contribution in [0.25, 0.3) is 17.4 Å². The Balaban J connectivity index is 1.53. The third-order valence-electron chi connectivity index (χ3n) is 3.94. The number of amidine groups is 1. The summed E-state index contributed by atoms with van der Waals surface area (Å²) in [6.07, 6.45) is 1.74. The van der Waals surface area contributed by atoms with Crippen LogP contribution in [0.5, 0.6) is 0 Å². The predicted octanol–water partition coefficient (Wildman–Crippen LogP) is 5.91.